The van der Waals surface area contributed by atoms with Crippen molar-refractivity contribution in [3.05, 3.63) is 112 Å². The standard InChI is InChI=1S/C32H34N8O4S/c1-21-9-11-22(12-10-21)45(43,44)39-16-14-24-29(25-20-34-26-8-6-5-7-23(25)26)35-31(36-30(24)39)32(33)15-13-27(28(19-32)40(41)42)38(4)18-17-37(2)3/h5-16,20,34H,17-19,33H2,1-4H3. The van der Waals surface area contributed by atoms with Gasteiger partial charge in [-0.1, -0.05) is 42.0 Å². The number of allylic oxidation sites excluding steroid dienone is 1. The fourth-order valence-corrected chi connectivity index (χ4v) is 6.87. The van der Waals surface area contributed by atoms with E-state index in [4.69, 9.17) is 15.7 Å². The van der Waals surface area contributed by atoms with E-state index in [0.29, 0.717) is 29.9 Å². The van der Waals surface area contributed by atoms with Crippen molar-refractivity contribution < 1.29 is 13.3 Å². The second-order valence-corrected chi connectivity index (χ2v) is 13.5. The molecule has 0 bridgehead atoms. The molecule has 0 amide bonds. The molecule has 45 heavy (non-hydrogen) atoms. The van der Waals surface area contributed by atoms with Crippen LogP contribution in [-0.4, -0.2) is 76.3 Å². The topological polar surface area (TPSA) is 156 Å². The molecule has 2 aromatic carbocycles. The molecule has 13 heteroatoms. The first-order chi connectivity index (χ1) is 21.4. The summed E-state index contributed by atoms with van der Waals surface area (Å²) in [6, 6.07) is 15.9. The number of rotatable bonds is 9. The summed E-state index contributed by atoms with van der Waals surface area (Å²) in [6.45, 7) is 3.15. The number of fused-ring (bicyclic) bond motifs is 2. The number of aromatic nitrogens is 4. The highest BCUT2D eigenvalue weighted by Gasteiger charge is 2.40. The predicted molar refractivity (Wildman–Crippen MR) is 173 cm³/mol. The number of para-hydroxylation sites is 1. The van der Waals surface area contributed by atoms with Gasteiger partial charge in [0.2, 0.25) is 0 Å². The van der Waals surface area contributed by atoms with Gasteiger partial charge >= 0.3 is 0 Å². The number of nitrogens with one attached hydrogen (secondary N) is 1. The lowest BCUT2D eigenvalue weighted by Gasteiger charge is -2.30. The first-order valence-corrected chi connectivity index (χ1v) is 15.8. The van der Waals surface area contributed by atoms with E-state index in [1.54, 1.807) is 49.5 Å². The van der Waals surface area contributed by atoms with E-state index in [0.717, 1.165) is 26.0 Å². The Bertz CT molecular complexity index is 2110. The van der Waals surface area contributed by atoms with Crippen LogP contribution in [0.15, 0.2) is 95.4 Å². The highest BCUT2D eigenvalue weighted by Crippen LogP contribution is 2.38. The van der Waals surface area contributed by atoms with Crippen LogP contribution in [0.3, 0.4) is 0 Å². The van der Waals surface area contributed by atoms with Crippen LogP contribution in [0.5, 0.6) is 0 Å². The molecule has 0 aliphatic heterocycles. The molecule has 3 aromatic heterocycles. The number of nitrogens with zero attached hydrogens (tertiary/aromatic N) is 6. The zero-order chi connectivity index (χ0) is 32.1. The second kappa shape index (κ2) is 11.3. The van der Waals surface area contributed by atoms with Crippen LogP contribution in [0.4, 0.5) is 0 Å². The molecule has 5 aromatic rings. The summed E-state index contributed by atoms with van der Waals surface area (Å²) in [5.74, 6) is 0.0694. The van der Waals surface area contributed by atoms with Gasteiger partial charge in [0.25, 0.3) is 15.7 Å². The summed E-state index contributed by atoms with van der Waals surface area (Å²) in [5.41, 5.74) is 8.93. The van der Waals surface area contributed by atoms with Crippen molar-refractivity contribution in [1.29, 1.82) is 0 Å². The Hall–Kier alpha value is -4.85. The van der Waals surface area contributed by atoms with Gasteiger partial charge in [0.1, 0.15) is 11.2 Å². The molecule has 3 N–H and O–H groups in total. The Morgan fingerprint density at radius 2 is 1.78 bits per heavy atom. The van der Waals surface area contributed by atoms with Crippen molar-refractivity contribution in [2.24, 2.45) is 5.73 Å². The average Bonchev–Trinajstić information content (AvgIpc) is 3.65. The minimum Gasteiger partial charge on any atom is -0.368 e. The van der Waals surface area contributed by atoms with E-state index < -0.39 is 20.5 Å². The lowest BCUT2D eigenvalue weighted by atomic mass is 9.87. The van der Waals surface area contributed by atoms with E-state index in [-0.39, 0.29) is 28.5 Å². The molecule has 1 aliphatic carbocycles. The largest absolute Gasteiger partial charge is 0.368 e. The van der Waals surface area contributed by atoms with Gasteiger partial charge in [0.05, 0.1) is 21.9 Å². The molecule has 1 atom stereocenters. The van der Waals surface area contributed by atoms with Crippen LogP contribution < -0.4 is 5.73 Å². The lowest BCUT2D eigenvalue weighted by Crippen LogP contribution is -2.41. The average molecular weight is 627 g/mol. The molecular weight excluding hydrogens is 592 g/mol. The van der Waals surface area contributed by atoms with Crippen LogP contribution in [0, 0.1) is 17.0 Å². The maximum absolute atomic E-state index is 13.9. The quantitative estimate of drug-likeness (QED) is 0.181. The molecule has 0 saturated carbocycles. The second-order valence-electron chi connectivity index (χ2n) is 11.7. The van der Waals surface area contributed by atoms with Crippen LogP contribution in [-0.2, 0) is 15.6 Å². The highest BCUT2D eigenvalue weighted by atomic mass is 32.2. The number of likely N-dealkylation sites (N-methyl/N-ethyl adjacent to an activating group) is 2. The van der Waals surface area contributed by atoms with Gasteiger partial charge in [-0.2, -0.15) is 0 Å². The first kappa shape index (κ1) is 30.2. The molecule has 1 aliphatic rings. The minimum atomic E-state index is -4.06. The van der Waals surface area contributed by atoms with Gasteiger partial charge in [0.15, 0.2) is 11.5 Å². The summed E-state index contributed by atoms with van der Waals surface area (Å²) in [7, 11) is 1.61. The first-order valence-electron chi connectivity index (χ1n) is 14.4. The number of aryl methyl sites for hydroxylation is 1. The normalized spacial score (nSPS) is 17.1. The van der Waals surface area contributed by atoms with Gasteiger partial charge in [-0.05, 0) is 51.4 Å². The number of aromatic amines is 1. The fraction of sp³-hybridized carbons (Fsp3) is 0.250. The van der Waals surface area contributed by atoms with E-state index in [1.807, 2.05) is 61.3 Å². The van der Waals surface area contributed by atoms with E-state index in [9.17, 15) is 18.5 Å². The third-order valence-electron chi connectivity index (χ3n) is 8.16. The Labute approximate surface area is 260 Å². The summed E-state index contributed by atoms with van der Waals surface area (Å²) in [5, 5.41) is 13.7. The predicted octanol–water partition coefficient (Wildman–Crippen LogP) is 4.22. The van der Waals surface area contributed by atoms with Crippen molar-refractivity contribution in [3.8, 4) is 11.3 Å². The molecule has 0 saturated heterocycles. The highest BCUT2D eigenvalue weighted by molar-refractivity contribution is 7.90. The van der Waals surface area contributed by atoms with Gasteiger partial charge in [-0.3, -0.25) is 10.1 Å². The Morgan fingerprint density at radius 3 is 2.49 bits per heavy atom. The summed E-state index contributed by atoms with van der Waals surface area (Å²) < 4.78 is 28.9. The number of H-pyrrole nitrogens is 1. The Kier molecular flexibility index (Phi) is 7.55. The Balaban J connectivity index is 1.55. The van der Waals surface area contributed by atoms with Crippen LogP contribution in [0.2, 0.25) is 0 Å². The zero-order valence-electron chi connectivity index (χ0n) is 25.4. The van der Waals surface area contributed by atoms with Gasteiger partial charge in [-0.15, -0.1) is 0 Å². The minimum absolute atomic E-state index is 0.0683. The van der Waals surface area contributed by atoms with Gasteiger partial charge in [0, 0.05) is 54.4 Å². The molecular formula is C32H34N8O4S. The maximum Gasteiger partial charge on any atom is 0.271 e. The molecule has 1 unspecified atom stereocenters. The smallest absolute Gasteiger partial charge is 0.271 e. The number of benzene rings is 2. The number of nitro groups is 1. The van der Waals surface area contributed by atoms with Crippen molar-refractivity contribution in [2.75, 3.05) is 34.2 Å². The fourth-order valence-electron chi connectivity index (χ4n) is 5.57. The van der Waals surface area contributed by atoms with Crippen molar-refractivity contribution in [3.63, 3.8) is 0 Å². The van der Waals surface area contributed by atoms with Crippen LogP contribution in [0.1, 0.15) is 17.8 Å². The van der Waals surface area contributed by atoms with Gasteiger partial charge < -0.3 is 20.5 Å². The summed E-state index contributed by atoms with van der Waals surface area (Å²) in [4.78, 5) is 28.8. The third-order valence-corrected chi connectivity index (χ3v) is 9.84. The van der Waals surface area contributed by atoms with E-state index >= 15 is 0 Å². The molecule has 0 fully saturated rings. The van der Waals surface area contributed by atoms with Crippen molar-refractivity contribution in [1.82, 2.24) is 28.7 Å². The van der Waals surface area contributed by atoms with Crippen molar-refractivity contribution in [2.45, 2.75) is 23.8 Å². The van der Waals surface area contributed by atoms with Crippen LogP contribution in [0.25, 0.3) is 33.2 Å². The summed E-state index contributed by atoms with van der Waals surface area (Å²) >= 11 is 0. The monoisotopic (exact) mass is 626 g/mol. The SMILES string of the molecule is Cc1ccc(S(=O)(=O)n2ccc3c(-c4c[nH]c5ccccc45)nc(C4(N)C=CC(N(C)CCN(C)C)=C([N+](=O)[O-])C4)nc32)cc1. The lowest BCUT2D eigenvalue weighted by molar-refractivity contribution is -0.431. The van der Waals surface area contributed by atoms with Gasteiger partial charge in [-0.25, -0.2) is 22.4 Å². The molecule has 3 heterocycles. The molecule has 12 nitrogen and oxygen atoms in total. The van der Waals surface area contributed by atoms with E-state index in [2.05, 4.69) is 4.98 Å². The van der Waals surface area contributed by atoms with E-state index in [1.165, 1.54) is 6.20 Å². The van der Waals surface area contributed by atoms with Crippen molar-refractivity contribution >= 4 is 32.0 Å². The zero-order valence-corrected chi connectivity index (χ0v) is 26.2. The molecule has 0 radical (unpaired) electrons. The number of hydrogen-bond donors (Lipinski definition) is 2. The molecule has 0 spiro atoms. The molecule has 6 rings (SSSR count). The number of hydrogen-bond acceptors (Lipinski definition) is 9. The third kappa shape index (κ3) is 5.39. The Morgan fingerprint density at radius 1 is 1.04 bits per heavy atom. The van der Waals surface area contributed by atoms with Crippen LogP contribution >= 0.6 is 0 Å². The summed E-state index contributed by atoms with van der Waals surface area (Å²) in [6.07, 6.45) is 6.38. The molecule has 232 valence electrons. The number of nitrogens with two attached hydrogens (primary N) is 1. The maximum atomic E-state index is 13.9.